The second-order valence-electron chi connectivity index (χ2n) is 8.12. The predicted molar refractivity (Wildman–Crippen MR) is 114 cm³/mol. The monoisotopic (exact) mass is 431 g/mol. The van der Waals surface area contributed by atoms with Gasteiger partial charge in [-0.2, -0.15) is 5.21 Å². The maximum absolute atomic E-state index is 13.0. The molecule has 2 aromatic carbocycles. The Hall–Kier alpha value is -4.08. The number of primary amides is 1. The molecule has 32 heavy (non-hydrogen) atoms. The Morgan fingerprint density at radius 3 is 2.44 bits per heavy atom. The number of anilines is 1. The van der Waals surface area contributed by atoms with Crippen molar-refractivity contribution in [1.82, 2.24) is 25.5 Å². The maximum atomic E-state index is 13.0. The van der Waals surface area contributed by atoms with Crippen molar-refractivity contribution in [3.05, 3.63) is 59.4 Å². The average molecular weight is 431 g/mol. The molecule has 3 aromatic rings. The van der Waals surface area contributed by atoms with Gasteiger partial charge in [-0.3, -0.25) is 14.4 Å². The van der Waals surface area contributed by atoms with E-state index in [1.165, 1.54) is 0 Å². The Morgan fingerprint density at radius 2 is 1.78 bits per heavy atom. The van der Waals surface area contributed by atoms with Crippen molar-refractivity contribution in [3.8, 4) is 11.1 Å². The first-order valence-corrected chi connectivity index (χ1v) is 10.3. The van der Waals surface area contributed by atoms with Crippen molar-refractivity contribution in [1.29, 1.82) is 0 Å². The number of rotatable bonds is 4. The molecule has 0 radical (unpaired) electrons. The van der Waals surface area contributed by atoms with Gasteiger partial charge in [0.2, 0.25) is 17.7 Å². The van der Waals surface area contributed by atoms with Gasteiger partial charge in [-0.05, 0) is 53.8 Å². The smallest absolute Gasteiger partial charge is 0.248 e. The van der Waals surface area contributed by atoms with Crippen molar-refractivity contribution in [2.75, 3.05) is 18.4 Å². The van der Waals surface area contributed by atoms with Gasteiger partial charge in [-0.25, -0.2) is 0 Å². The number of likely N-dealkylation sites (tertiary alicyclic amines) is 1. The van der Waals surface area contributed by atoms with Crippen LogP contribution in [0.25, 0.3) is 11.1 Å². The fourth-order valence-electron chi connectivity index (χ4n) is 4.56. The number of aromatic nitrogens is 4. The number of hydrogen-bond donors (Lipinski definition) is 3. The zero-order chi connectivity index (χ0) is 22.3. The predicted octanol–water partition coefficient (Wildman–Crippen LogP) is 1.02. The Bertz CT molecular complexity index is 1200. The van der Waals surface area contributed by atoms with Crippen LogP contribution in [0.2, 0.25) is 0 Å². The second-order valence-corrected chi connectivity index (χ2v) is 8.12. The highest BCUT2D eigenvalue weighted by atomic mass is 16.2. The SMILES string of the molecule is NC(=O)c1ccc(-c2ccc3c(c2)C2(CCN(C(=O)Cc4nn[nH]n4)CC2)C(=O)N3)cc1. The topological polar surface area (TPSA) is 147 Å². The first-order valence-electron chi connectivity index (χ1n) is 10.3. The molecule has 1 fully saturated rings. The van der Waals surface area contributed by atoms with E-state index in [2.05, 4.69) is 25.9 Å². The van der Waals surface area contributed by atoms with Gasteiger partial charge in [-0.1, -0.05) is 23.4 Å². The van der Waals surface area contributed by atoms with E-state index in [1.807, 2.05) is 30.3 Å². The largest absolute Gasteiger partial charge is 0.366 e. The van der Waals surface area contributed by atoms with Gasteiger partial charge in [0.25, 0.3) is 0 Å². The molecule has 1 spiro atoms. The number of hydrogen-bond acceptors (Lipinski definition) is 6. The van der Waals surface area contributed by atoms with Crippen LogP contribution in [-0.4, -0.2) is 56.3 Å². The molecule has 3 amide bonds. The lowest BCUT2D eigenvalue weighted by Gasteiger charge is -2.38. The van der Waals surface area contributed by atoms with Crippen LogP contribution in [-0.2, 0) is 21.4 Å². The highest BCUT2D eigenvalue weighted by Crippen LogP contribution is 2.46. The van der Waals surface area contributed by atoms with Crippen LogP contribution in [0.3, 0.4) is 0 Å². The molecular weight excluding hydrogens is 410 g/mol. The van der Waals surface area contributed by atoms with Crippen molar-refractivity contribution in [2.45, 2.75) is 24.7 Å². The molecule has 1 saturated heterocycles. The van der Waals surface area contributed by atoms with Crippen LogP contribution in [0.1, 0.15) is 34.6 Å². The third-order valence-corrected chi connectivity index (χ3v) is 6.39. The average Bonchev–Trinajstić information content (AvgIpc) is 3.41. The number of nitrogens with two attached hydrogens (primary N) is 1. The lowest BCUT2D eigenvalue weighted by molar-refractivity contribution is -0.134. The molecular formula is C22H21N7O3. The third-order valence-electron chi connectivity index (χ3n) is 6.39. The van der Waals surface area contributed by atoms with Crippen LogP contribution in [0, 0.1) is 0 Å². The summed E-state index contributed by atoms with van der Waals surface area (Å²) in [5.74, 6) is -0.228. The highest BCUT2D eigenvalue weighted by molar-refractivity contribution is 6.07. The van der Waals surface area contributed by atoms with E-state index in [9.17, 15) is 14.4 Å². The molecule has 0 unspecified atom stereocenters. The molecule has 10 heteroatoms. The van der Waals surface area contributed by atoms with Crippen LogP contribution in [0.5, 0.6) is 0 Å². The molecule has 10 nitrogen and oxygen atoms in total. The summed E-state index contributed by atoms with van der Waals surface area (Å²) in [6.45, 7) is 0.947. The number of nitrogens with zero attached hydrogens (tertiary/aromatic N) is 4. The summed E-state index contributed by atoms with van der Waals surface area (Å²) in [5, 5.41) is 16.5. The Morgan fingerprint density at radius 1 is 1.06 bits per heavy atom. The molecule has 0 atom stereocenters. The van der Waals surface area contributed by atoms with E-state index in [0.717, 1.165) is 22.4 Å². The van der Waals surface area contributed by atoms with E-state index in [-0.39, 0.29) is 18.2 Å². The number of H-pyrrole nitrogens is 1. The van der Waals surface area contributed by atoms with E-state index in [4.69, 9.17) is 5.73 Å². The lowest BCUT2D eigenvalue weighted by atomic mass is 9.73. The van der Waals surface area contributed by atoms with Gasteiger partial charge in [-0.15, -0.1) is 10.2 Å². The number of benzene rings is 2. The fourth-order valence-corrected chi connectivity index (χ4v) is 4.56. The number of piperidine rings is 1. The van der Waals surface area contributed by atoms with Crippen LogP contribution < -0.4 is 11.1 Å². The van der Waals surface area contributed by atoms with Crippen LogP contribution in [0.15, 0.2) is 42.5 Å². The number of aromatic amines is 1. The molecule has 0 saturated carbocycles. The quantitative estimate of drug-likeness (QED) is 0.562. The Balaban J connectivity index is 1.38. The normalized spacial score (nSPS) is 16.6. The fraction of sp³-hybridized carbons (Fsp3) is 0.273. The first kappa shape index (κ1) is 19.9. The molecule has 0 bridgehead atoms. The van der Waals surface area contributed by atoms with Gasteiger partial charge < -0.3 is 16.0 Å². The zero-order valence-electron chi connectivity index (χ0n) is 17.2. The summed E-state index contributed by atoms with van der Waals surface area (Å²) in [7, 11) is 0. The molecule has 2 aliphatic rings. The van der Waals surface area contributed by atoms with Gasteiger partial charge >= 0.3 is 0 Å². The second kappa shape index (κ2) is 7.56. The van der Waals surface area contributed by atoms with E-state index in [1.54, 1.807) is 17.0 Å². The maximum Gasteiger partial charge on any atom is 0.248 e. The molecule has 3 heterocycles. The highest BCUT2D eigenvalue weighted by Gasteiger charge is 2.49. The zero-order valence-corrected chi connectivity index (χ0v) is 17.2. The molecule has 4 N–H and O–H groups in total. The summed E-state index contributed by atoms with van der Waals surface area (Å²) in [5.41, 5.74) is 8.74. The van der Waals surface area contributed by atoms with Gasteiger partial charge in [0.15, 0.2) is 5.82 Å². The Labute approximate surface area is 183 Å². The minimum atomic E-state index is -0.665. The summed E-state index contributed by atoms with van der Waals surface area (Å²) in [6, 6.07) is 13.0. The number of carbonyl (C=O) groups excluding carboxylic acids is 3. The van der Waals surface area contributed by atoms with Crippen molar-refractivity contribution in [2.24, 2.45) is 5.73 Å². The standard InChI is InChI=1S/C22H21N7O3/c23-20(31)14-3-1-13(2-4-14)15-5-6-17-16(11-15)22(21(32)24-17)7-9-29(10-8-22)19(30)12-18-25-27-28-26-18/h1-6,11H,7-10,12H2,(H2,23,31)(H,24,32)(H,25,26,27,28). The van der Waals surface area contributed by atoms with Crippen LogP contribution >= 0.6 is 0 Å². The van der Waals surface area contributed by atoms with Crippen molar-refractivity contribution < 1.29 is 14.4 Å². The number of nitrogens with one attached hydrogen (secondary N) is 2. The third kappa shape index (κ3) is 3.29. The summed E-state index contributed by atoms with van der Waals surface area (Å²) < 4.78 is 0. The van der Waals surface area contributed by atoms with Gasteiger partial charge in [0.1, 0.15) is 0 Å². The summed E-state index contributed by atoms with van der Waals surface area (Å²) in [6.07, 6.45) is 1.15. The minimum absolute atomic E-state index is 0.0287. The number of carbonyl (C=O) groups is 3. The molecule has 2 aliphatic heterocycles. The van der Waals surface area contributed by atoms with E-state index in [0.29, 0.717) is 37.3 Å². The summed E-state index contributed by atoms with van der Waals surface area (Å²) in [4.78, 5) is 38.7. The number of tetrazole rings is 1. The van der Waals surface area contributed by atoms with Crippen molar-refractivity contribution in [3.63, 3.8) is 0 Å². The van der Waals surface area contributed by atoms with Gasteiger partial charge in [0.05, 0.1) is 11.8 Å². The number of fused-ring (bicyclic) bond motifs is 2. The molecule has 5 rings (SSSR count). The van der Waals surface area contributed by atoms with Gasteiger partial charge in [0, 0.05) is 24.3 Å². The molecule has 162 valence electrons. The van der Waals surface area contributed by atoms with Crippen molar-refractivity contribution >= 4 is 23.4 Å². The van der Waals surface area contributed by atoms with E-state index < -0.39 is 11.3 Å². The summed E-state index contributed by atoms with van der Waals surface area (Å²) >= 11 is 0. The first-order chi connectivity index (χ1) is 15.5. The molecule has 0 aliphatic carbocycles. The Kier molecular flexibility index (Phi) is 4.69. The minimum Gasteiger partial charge on any atom is -0.366 e. The molecule has 1 aromatic heterocycles. The lowest BCUT2D eigenvalue weighted by Crippen LogP contribution is -2.48. The number of amides is 3. The van der Waals surface area contributed by atoms with E-state index >= 15 is 0 Å². The van der Waals surface area contributed by atoms with Crippen LogP contribution in [0.4, 0.5) is 5.69 Å².